The smallest absolute Gasteiger partial charge is 0.465 e. The normalized spacial score (nSPS) is 35.7. The molecule has 0 radical (unpaired) electrons. The van der Waals surface area contributed by atoms with E-state index in [4.69, 9.17) is 28.2 Å². The number of aldehydes is 2. The van der Waals surface area contributed by atoms with Crippen LogP contribution in [0.5, 0.6) is 0 Å². The van der Waals surface area contributed by atoms with Crippen LogP contribution in [0.25, 0.3) is 0 Å². The van der Waals surface area contributed by atoms with E-state index in [1.807, 2.05) is 0 Å². The van der Waals surface area contributed by atoms with Gasteiger partial charge in [0.2, 0.25) is 0 Å². The Kier molecular flexibility index (Phi) is 13.6. The Morgan fingerprint density at radius 1 is 0.857 bits per heavy atom. The van der Waals surface area contributed by atoms with Gasteiger partial charge in [-0.1, -0.05) is 51.4 Å². The molecule has 0 spiro atoms. The van der Waals surface area contributed by atoms with Crippen LogP contribution < -0.4 is 0 Å². The first-order valence-corrected chi connectivity index (χ1v) is 22.1. The van der Waals surface area contributed by atoms with Crippen LogP contribution in [0.15, 0.2) is 0 Å². The van der Waals surface area contributed by atoms with Crippen LogP contribution in [0, 0.1) is 46.3 Å². The SMILES string of the molecule is O=CC(CCC(=O)OCC1(COC(=O)C23CCCC(CC(C=O)C2)C3)COC(C2CC3CCCC(OC(=O)C(F)(F)S(=O)(=O)O)(C3)C2)OC1)CC1CCCCC1. The fraction of sp³-hybridized carbons (Fsp3) is 0.875. The van der Waals surface area contributed by atoms with E-state index < -0.39 is 61.9 Å². The molecule has 6 rings (SSSR count). The molecular weight excluding hydrogens is 758 g/mol. The second-order valence-corrected chi connectivity index (χ2v) is 19.7. The lowest BCUT2D eigenvalue weighted by atomic mass is 9.59. The molecule has 316 valence electrons. The van der Waals surface area contributed by atoms with Crippen LogP contribution >= 0.6 is 0 Å². The standard InChI is InChI=1S/C40H58F2O13S/c41-40(42,56(48,49)50)36(47)55-39-13-5-9-29(19-39)16-32(20-39)34-52-24-37(25-53-34,23-51-33(45)11-10-30(21-43)14-27-6-2-1-3-7-27)26-54-35(46)38-12-4-8-28(17-38)15-31(18-38)22-44/h21-22,27-32,34H,1-20,23-26H2,(H,48,49,50). The maximum atomic E-state index is 14.3. The molecule has 0 aromatic heterocycles. The van der Waals surface area contributed by atoms with E-state index in [9.17, 15) is 41.2 Å². The topological polar surface area (TPSA) is 186 Å². The molecule has 6 aliphatic rings. The minimum absolute atomic E-state index is 0.0365. The highest BCUT2D eigenvalue weighted by atomic mass is 32.2. The summed E-state index contributed by atoms with van der Waals surface area (Å²) in [7, 11) is -6.05. The summed E-state index contributed by atoms with van der Waals surface area (Å²) in [4.78, 5) is 63.1. The summed E-state index contributed by atoms with van der Waals surface area (Å²) in [6.07, 6.45) is 14.5. The Labute approximate surface area is 327 Å². The Morgan fingerprint density at radius 3 is 2.21 bits per heavy atom. The molecule has 56 heavy (non-hydrogen) atoms. The van der Waals surface area contributed by atoms with Gasteiger partial charge in [0.25, 0.3) is 0 Å². The number of hydrogen-bond donors (Lipinski definition) is 1. The summed E-state index contributed by atoms with van der Waals surface area (Å²) in [5.74, 6) is -3.44. The van der Waals surface area contributed by atoms with Gasteiger partial charge >= 0.3 is 33.3 Å². The summed E-state index contributed by atoms with van der Waals surface area (Å²) in [5, 5.41) is -5.12. The number of alkyl halides is 2. The van der Waals surface area contributed by atoms with Gasteiger partial charge in [0, 0.05) is 24.2 Å². The van der Waals surface area contributed by atoms with Crippen molar-refractivity contribution in [2.24, 2.45) is 46.3 Å². The first-order chi connectivity index (χ1) is 26.6. The summed E-state index contributed by atoms with van der Waals surface area (Å²) >= 11 is 0. The summed E-state index contributed by atoms with van der Waals surface area (Å²) in [6.45, 7) is -0.509. The van der Waals surface area contributed by atoms with Crippen molar-refractivity contribution in [3.05, 3.63) is 0 Å². The number of carbonyl (C=O) groups is 5. The van der Waals surface area contributed by atoms with E-state index in [-0.39, 0.29) is 75.8 Å². The molecular formula is C40H58F2O13S. The third-order valence-electron chi connectivity index (χ3n) is 13.7. The molecule has 5 saturated carbocycles. The number of fused-ring (bicyclic) bond motifs is 4. The van der Waals surface area contributed by atoms with Crippen molar-refractivity contribution in [2.75, 3.05) is 26.4 Å². The maximum absolute atomic E-state index is 14.3. The highest BCUT2D eigenvalue weighted by molar-refractivity contribution is 7.87. The van der Waals surface area contributed by atoms with Gasteiger partial charge in [-0.05, 0) is 88.4 Å². The molecule has 5 aliphatic carbocycles. The molecule has 0 aromatic carbocycles. The van der Waals surface area contributed by atoms with Crippen molar-refractivity contribution >= 4 is 40.6 Å². The maximum Gasteiger partial charge on any atom is 0.465 e. The van der Waals surface area contributed by atoms with E-state index >= 15 is 0 Å². The molecule has 4 bridgehead atoms. The Hall–Kier alpha value is -2.56. The van der Waals surface area contributed by atoms with Crippen LogP contribution in [-0.2, 0) is 57.8 Å². The molecule has 6 fully saturated rings. The summed E-state index contributed by atoms with van der Waals surface area (Å²) in [5.41, 5.74) is -3.29. The van der Waals surface area contributed by atoms with Gasteiger partial charge in [-0.25, -0.2) is 4.79 Å². The van der Waals surface area contributed by atoms with Gasteiger partial charge in [0.15, 0.2) is 6.29 Å². The minimum atomic E-state index is -6.05. The van der Waals surface area contributed by atoms with Crippen molar-refractivity contribution in [2.45, 2.75) is 146 Å². The van der Waals surface area contributed by atoms with E-state index in [0.717, 1.165) is 70.4 Å². The van der Waals surface area contributed by atoms with Gasteiger partial charge in [-0.2, -0.15) is 17.2 Å². The van der Waals surface area contributed by atoms with Crippen LogP contribution in [0.2, 0.25) is 0 Å². The third kappa shape index (κ3) is 9.99. The van der Waals surface area contributed by atoms with Crippen molar-refractivity contribution in [1.29, 1.82) is 0 Å². The molecule has 1 N–H and O–H groups in total. The minimum Gasteiger partial charge on any atom is -0.465 e. The zero-order valence-corrected chi connectivity index (χ0v) is 33.0. The Morgan fingerprint density at radius 2 is 1.54 bits per heavy atom. The number of ether oxygens (including phenoxy) is 5. The first-order valence-electron chi connectivity index (χ1n) is 20.6. The number of rotatable bonds is 16. The fourth-order valence-corrected chi connectivity index (χ4v) is 11.2. The monoisotopic (exact) mass is 816 g/mol. The van der Waals surface area contributed by atoms with Gasteiger partial charge in [0.1, 0.15) is 31.4 Å². The molecule has 1 heterocycles. The molecule has 7 unspecified atom stereocenters. The number of esters is 3. The van der Waals surface area contributed by atoms with Crippen molar-refractivity contribution < 1.29 is 69.4 Å². The van der Waals surface area contributed by atoms with Gasteiger partial charge in [-0.3, -0.25) is 14.1 Å². The zero-order chi connectivity index (χ0) is 40.2. The van der Waals surface area contributed by atoms with Crippen molar-refractivity contribution in [1.82, 2.24) is 0 Å². The van der Waals surface area contributed by atoms with Crippen molar-refractivity contribution in [3.63, 3.8) is 0 Å². The predicted octanol–water partition coefficient (Wildman–Crippen LogP) is 6.15. The third-order valence-corrected chi connectivity index (χ3v) is 14.5. The number of hydrogen-bond acceptors (Lipinski definition) is 12. The average molecular weight is 817 g/mol. The lowest BCUT2D eigenvalue weighted by Crippen LogP contribution is -2.55. The summed E-state index contributed by atoms with van der Waals surface area (Å²) in [6, 6.07) is 0. The van der Waals surface area contributed by atoms with E-state index in [2.05, 4.69) is 0 Å². The van der Waals surface area contributed by atoms with Gasteiger partial charge < -0.3 is 33.3 Å². The Balaban J connectivity index is 1.11. The predicted molar refractivity (Wildman–Crippen MR) is 193 cm³/mol. The molecule has 0 aromatic rings. The molecule has 0 amide bonds. The van der Waals surface area contributed by atoms with Crippen molar-refractivity contribution in [3.8, 4) is 0 Å². The van der Waals surface area contributed by atoms with Crippen LogP contribution in [-0.4, -0.2) is 87.0 Å². The lowest BCUT2D eigenvalue weighted by molar-refractivity contribution is -0.278. The largest absolute Gasteiger partial charge is 0.465 e. The molecule has 13 nitrogen and oxygen atoms in total. The molecule has 16 heteroatoms. The summed E-state index contributed by atoms with van der Waals surface area (Å²) < 4.78 is 89.6. The lowest BCUT2D eigenvalue weighted by Gasteiger charge is -2.50. The van der Waals surface area contributed by atoms with Gasteiger partial charge in [0.05, 0.1) is 24.0 Å². The zero-order valence-electron chi connectivity index (χ0n) is 32.2. The first kappa shape index (κ1) is 43.0. The van der Waals surface area contributed by atoms with Gasteiger partial charge in [-0.15, -0.1) is 0 Å². The van der Waals surface area contributed by atoms with E-state index in [1.54, 1.807) is 0 Å². The second kappa shape index (κ2) is 17.7. The van der Waals surface area contributed by atoms with E-state index in [1.165, 1.54) is 6.42 Å². The van der Waals surface area contributed by atoms with Crippen LogP contribution in [0.1, 0.15) is 128 Å². The highest BCUT2D eigenvalue weighted by Gasteiger charge is 2.59. The number of halogens is 2. The quantitative estimate of drug-likeness (QED) is 0.0811. The highest BCUT2D eigenvalue weighted by Crippen LogP contribution is 2.52. The van der Waals surface area contributed by atoms with Crippen LogP contribution in [0.4, 0.5) is 8.78 Å². The number of carbonyl (C=O) groups excluding carboxylic acids is 5. The molecule has 7 atom stereocenters. The fourth-order valence-electron chi connectivity index (χ4n) is 10.9. The average Bonchev–Trinajstić information content (AvgIpc) is 3.17. The molecule has 1 aliphatic heterocycles. The second-order valence-electron chi connectivity index (χ2n) is 18.2. The Bertz CT molecular complexity index is 1540. The van der Waals surface area contributed by atoms with Crippen LogP contribution in [0.3, 0.4) is 0 Å². The molecule has 1 saturated heterocycles. The van der Waals surface area contributed by atoms with E-state index in [0.29, 0.717) is 44.4 Å².